The maximum Gasteiger partial charge on any atom is 0.197 e. The Morgan fingerprint density at radius 2 is 0.957 bits per heavy atom. The van der Waals surface area contributed by atoms with Gasteiger partial charge in [-0.05, 0) is 52.0 Å². The molecule has 0 aromatic carbocycles. The summed E-state index contributed by atoms with van der Waals surface area (Å²) in [5, 5.41) is 37.0. The van der Waals surface area contributed by atoms with Crippen LogP contribution in [0.4, 0.5) is 0 Å². The van der Waals surface area contributed by atoms with Gasteiger partial charge in [0.1, 0.15) is 35.4 Å². The van der Waals surface area contributed by atoms with Gasteiger partial charge in [-0.3, -0.25) is 9.80 Å². The topological polar surface area (TPSA) is 127 Å². The number of allylic oxidation sites excluding steroid dienone is 12. The minimum atomic E-state index is 0.147. The Morgan fingerprint density at radius 3 is 1.26 bits per heavy atom. The van der Waals surface area contributed by atoms with Gasteiger partial charge in [0.05, 0.1) is 6.54 Å². The summed E-state index contributed by atoms with van der Waals surface area (Å²) in [6.07, 6.45) is 9.56. The van der Waals surface area contributed by atoms with Crippen LogP contribution in [0.3, 0.4) is 0 Å². The standard InChI is InChI=1S/C36H45N11/c1-6-7-41-36(44-14-8-42(9-15-44)12-18-46-28(2)20-32(21-29(46)3)34(24-37)25-38)45-16-10-43(11-17-45)13-19-47-30(4)22-33(23-31(47)5)35(26-39)27-40/h6,20-23H,1,7-19H2,2-5H3. The largest absolute Gasteiger partial charge is 0.348 e. The van der Waals surface area contributed by atoms with E-state index in [1.807, 2.05) is 82.4 Å². The van der Waals surface area contributed by atoms with E-state index in [-0.39, 0.29) is 11.1 Å². The fraction of sp³-hybridized carbons (Fsp3) is 0.472. The van der Waals surface area contributed by atoms with Gasteiger partial charge < -0.3 is 19.6 Å². The van der Waals surface area contributed by atoms with Crippen LogP contribution in [0.5, 0.6) is 0 Å². The Morgan fingerprint density at radius 1 is 0.617 bits per heavy atom. The number of piperazine rings is 2. The second kappa shape index (κ2) is 16.5. The summed E-state index contributed by atoms with van der Waals surface area (Å²) in [5.41, 5.74) is 5.85. The summed E-state index contributed by atoms with van der Waals surface area (Å²) in [6.45, 7) is 23.7. The lowest BCUT2D eigenvalue weighted by atomic mass is 10.0. The first-order valence-corrected chi connectivity index (χ1v) is 16.2. The molecule has 0 bridgehead atoms. The van der Waals surface area contributed by atoms with Gasteiger partial charge >= 0.3 is 0 Å². The van der Waals surface area contributed by atoms with Crippen molar-refractivity contribution in [1.29, 1.82) is 21.0 Å². The first kappa shape index (κ1) is 34.8. The fourth-order valence-corrected chi connectivity index (χ4v) is 6.53. The van der Waals surface area contributed by atoms with Crippen molar-refractivity contribution in [2.75, 3.05) is 85.1 Å². The Balaban J connectivity index is 1.27. The average Bonchev–Trinajstić information content (AvgIpc) is 3.06. The molecule has 0 amide bonds. The van der Waals surface area contributed by atoms with Crippen molar-refractivity contribution in [3.63, 3.8) is 0 Å². The lowest BCUT2D eigenvalue weighted by molar-refractivity contribution is 0.135. The van der Waals surface area contributed by atoms with Crippen molar-refractivity contribution in [3.05, 3.63) is 82.0 Å². The van der Waals surface area contributed by atoms with Gasteiger partial charge in [0.15, 0.2) is 5.96 Å². The van der Waals surface area contributed by atoms with E-state index >= 15 is 0 Å². The molecule has 11 nitrogen and oxygen atoms in total. The van der Waals surface area contributed by atoms with Crippen LogP contribution < -0.4 is 0 Å². The molecule has 2 saturated heterocycles. The first-order chi connectivity index (χ1) is 22.7. The molecule has 0 aromatic rings. The molecule has 0 aliphatic carbocycles. The Labute approximate surface area is 280 Å². The highest BCUT2D eigenvalue weighted by Gasteiger charge is 2.27. The molecule has 0 saturated carbocycles. The number of hydrogen-bond acceptors (Lipinski definition) is 9. The normalized spacial score (nSPS) is 18.9. The number of rotatable bonds is 8. The van der Waals surface area contributed by atoms with Crippen molar-refractivity contribution in [2.24, 2.45) is 4.99 Å². The van der Waals surface area contributed by atoms with Crippen LogP contribution in [0.15, 0.2) is 87.0 Å². The number of nitrogens with zero attached hydrogens (tertiary/aromatic N) is 11. The fourth-order valence-electron chi connectivity index (χ4n) is 6.53. The third-order valence-corrected chi connectivity index (χ3v) is 9.14. The molecule has 4 rings (SSSR count). The van der Waals surface area contributed by atoms with Crippen LogP contribution in [0.25, 0.3) is 0 Å². The van der Waals surface area contributed by atoms with Crippen LogP contribution in [-0.2, 0) is 0 Å². The molecule has 0 aromatic heterocycles. The van der Waals surface area contributed by atoms with Gasteiger partial charge in [-0.1, -0.05) is 6.08 Å². The van der Waals surface area contributed by atoms with E-state index < -0.39 is 0 Å². The molecule has 4 aliphatic heterocycles. The molecule has 11 heteroatoms. The van der Waals surface area contributed by atoms with Crippen molar-refractivity contribution >= 4 is 5.96 Å². The Kier molecular flexibility index (Phi) is 12.2. The zero-order valence-corrected chi connectivity index (χ0v) is 28.2. The van der Waals surface area contributed by atoms with Crippen LogP contribution in [-0.4, -0.2) is 120 Å². The lowest BCUT2D eigenvalue weighted by Gasteiger charge is -2.43. The molecule has 0 atom stereocenters. The molecule has 0 N–H and O–H groups in total. The average molecular weight is 632 g/mol. The van der Waals surface area contributed by atoms with Crippen LogP contribution in [0.2, 0.25) is 0 Å². The zero-order chi connectivity index (χ0) is 33.9. The van der Waals surface area contributed by atoms with E-state index in [0.717, 1.165) is 107 Å². The predicted molar refractivity (Wildman–Crippen MR) is 183 cm³/mol. The summed E-state index contributed by atoms with van der Waals surface area (Å²) in [5.74, 6) is 1.07. The van der Waals surface area contributed by atoms with E-state index in [1.165, 1.54) is 0 Å². The molecular formula is C36H45N11. The van der Waals surface area contributed by atoms with E-state index in [4.69, 9.17) is 4.99 Å². The SMILES string of the molecule is C=CCN=C(N1CCN(CCN2C(C)=CC(=C(C#N)C#N)C=C2C)CC1)N1CCN(CCN2C(C)=CC(=C(C#N)C#N)C=C2C)CC1. The van der Waals surface area contributed by atoms with Gasteiger partial charge in [-0.2, -0.15) is 21.0 Å². The third kappa shape index (κ3) is 8.60. The summed E-state index contributed by atoms with van der Waals surface area (Å²) in [4.78, 5) is 19.3. The van der Waals surface area contributed by atoms with Gasteiger partial charge in [0.25, 0.3) is 0 Å². The van der Waals surface area contributed by atoms with Crippen LogP contribution >= 0.6 is 0 Å². The molecule has 2 fully saturated rings. The Bertz CT molecular complexity index is 1400. The Hall–Kier alpha value is -5.07. The minimum absolute atomic E-state index is 0.147. The highest BCUT2D eigenvalue weighted by Crippen LogP contribution is 2.26. The second-order valence-corrected chi connectivity index (χ2v) is 12.1. The van der Waals surface area contributed by atoms with E-state index in [2.05, 4.69) is 36.0 Å². The monoisotopic (exact) mass is 631 g/mol. The molecule has 4 heterocycles. The van der Waals surface area contributed by atoms with Gasteiger partial charge in [0, 0.05) is 112 Å². The zero-order valence-electron chi connectivity index (χ0n) is 28.2. The second-order valence-electron chi connectivity index (χ2n) is 12.1. The van der Waals surface area contributed by atoms with Crippen molar-refractivity contribution in [1.82, 2.24) is 29.4 Å². The van der Waals surface area contributed by atoms with Crippen LogP contribution in [0, 0.1) is 45.3 Å². The lowest BCUT2D eigenvalue weighted by Crippen LogP contribution is -2.58. The molecule has 0 radical (unpaired) electrons. The van der Waals surface area contributed by atoms with Crippen molar-refractivity contribution < 1.29 is 0 Å². The maximum absolute atomic E-state index is 9.26. The molecule has 4 aliphatic rings. The smallest absolute Gasteiger partial charge is 0.197 e. The molecule has 47 heavy (non-hydrogen) atoms. The summed E-state index contributed by atoms with van der Waals surface area (Å²) in [6, 6.07) is 7.98. The van der Waals surface area contributed by atoms with E-state index in [0.29, 0.717) is 17.7 Å². The molecule has 0 spiro atoms. The van der Waals surface area contributed by atoms with Crippen molar-refractivity contribution in [2.45, 2.75) is 27.7 Å². The van der Waals surface area contributed by atoms with Gasteiger partial charge in [0.2, 0.25) is 0 Å². The third-order valence-electron chi connectivity index (χ3n) is 9.14. The number of aliphatic imine (C=N–C) groups is 1. The van der Waals surface area contributed by atoms with E-state index in [9.17, 15) is 21.0 Å². The number of nitriles is 4. The predicted octanol–water partition coefficient (Wildman–Crippen LogP) is 3.70. The highest BCUT2D eigenvalue weighted by atomic mass is 15.4. The van der Waals surface area contributed by atoms with Gasteiger partial charge in [-0.15, -0.1) is 6.58 Å². The first-order valence-electron chi connectivity index (χ1n) is 16.2. The summed E-state index contributed by atoms with van der Waals surface area (Å²) >= 11 is 0. The quantitative estimate of drug-likeness (QED) is 0.169. The molecular weight excluding hydrogens is 586 g/mol. The van der Waals surface area contributed by atoms with Crippen molar-refractivity contribution in [3.8, 4) is 24.3 Å². The van der Waals surface area contributed by atoms with E-state index in [1.54, 1.807) is 0 Å². The van der Waals surface area contributed by atoms with Gasteiger partial charge in [-0.25, -0.2) is 4.99 Å². The molecule has 244 valence electrons. The number of guanidine groups is 1. The number of hydrogen-bond donors (Lipinski definition) is 0. The highest BCUT2D eigenvalue weighted by molar-refractivity contribution is 5.80. The minimum Gasteiger partial charge on any atom is -0.348 e. The summed E-state index contributed by atoms with van der Waals surface area (Å²) in [7, 11) is 0. The molecule has 0 unspecified atom stereocenters. The van der Waals surface area contributed by atoms with Crippen LogP contribution in [0.1, 0.15) is 27.7 Å². The maximum atomic E-state index is 9.26. The summed E-state index contributed by atoms with van der Waals surface area (Å²) < 4.78 is 0.